The second-order valence-corrected chi connectivity index (χ2v) is 5.40. The first kappa shape index (κ1) is 13.5. The lowest BCUT2D eigenvalue weighted by Gasteiger charge is -1.98. The lowest BCUT2D eigenvalue weighted by Crippen LogP contribution is -2.06. The molecular weight excluding hydrogens is 290 g/mol. The number of para-hydroxylation sites is 1. The van der Waals surface area contributed by atoms with Gasteiger partial charge in [0.05, 0.1) is 17.4 Å². The summed E-state index contributed by atoms with van der Waals surface area (Å²) < 4.78 is 0. The summed E-state index contributed by atoms with van der Waals surface area (Å²) in [6.45, 7) is 0. The van der Waals surface area contributed by atoms with E-state index >= 15 is 0 Å². The molecule has 112 valence electrons. The Kier molecular flexibility index (Phi) is 3.05. The van der Waals surface area contributed by atoms with Crippen molar-refractivity contribution in [2.75, 3.05) is 0 Å². The van der Waals surface area contributed by atoms with Gasteiger partial charge in [0.1, 0.15) is 6.29 Å². The van der Waals surface area contributed by atoms with Crippen LogP contribution in [0.15, 0.2) is 46.6 Å². The van der Waals surface area contributed by atoms with E-state index in [0.717, 1.165) is 38.9 Å². The van der Waals surface area contributed by atoms with Gasteiger partial charge in [-0.25, -0.2) is 0 Å². The number of aldehydes is 1. The molecule has 0 bridgehead atoms. The van der Waals surface area contributed by atoms with Crippen LogP contribution in [0.3, 0.4) is 0 Å². The predicted octanol–water partition coefficient (Wildman–Crippen LogP) is 2.28. The number of nitrogens with zero attached hydrogens (tertiary/aromatic N) is 2. The molecule has 1 aliphatic rings. The van der Waals surface area contributed by atoms with Gasteiger partial charge >= 0.3 is 0 Å². The van der Waals surface area contributed by atoms with Crippen LogP contribution in [-0.4, -0.2) is 16.4 Å². The van der Waals surface area contributed by atoms with Gasteiger partial charge in [-0.15, -0.1) is 0 Å². The Labute approximate surface area is 131 Å². The van der Waals surface area contributed by atoms with Gasteiger partial charge in [-0.3, -0.25) is 0 Å². The van der Waals surface area contributed by atoms with Crippen molar-refractivity contribution in [2.24, 2.45) is 10.2 Å². The number of hydrogen-bond acceptors (Lipinski definition) is 4. The normalized spacial score (nSPS) is 13.3. The summed E-state index contributed by atoms with van der Waals surface area (Å²) in [6.07, 6.45) is 4.78. The Morgan fingerprint density at radius 1 is 1.22 bits per heavy atom. The van der Waals surface area contributed by atoms with E-state index in [-0.39, 0.29) is 5.88 Å². The molecule has 3 aromatic rings. The molecule has 4 rings (SSSR count). The zero-order valence-electron chi connectivity index (χ0n) is 12.2. The van der Waals surface area contributed by atoms with Crippen LogP contribution in [0.4, 0.5) is 5.69 Å². The monoisotopic (exact) mass is 303 g/mol. The van der Waals surface area contributed by atoms with Crippen LogP contribution in [0.5, 0.6) is 5.88 Å². The zero-order chi connectivity index (χ0) is 15.8. The Morgan fingerprint density at radius 3 is 3.00 bits per heavy atom. The summed E-state index contributed by atoms with van der Waals surface area (Å²) in [7, 11) is 0. The molecule has 0 unspecified atom stereocenters. The molecule has 0 saturated carbocycles. The number of benzene rings is 2. The highest BCUT2D eigenvalue weighted by Crippen LogP contribution is 2.30. The van der Waals surface area contributed by atoms with E-state index in [4.69, 9.17) is 0 Å². The number of nitrogens with one attached hydrogen (secondary N) is 1. The van der Waals surface area contributed by atoms with Crippen LogP contribution in [0.25, 0.3) is 23.2 Å². The summed E-state index contributed by atoms with van der Waals surface area (Å²) in [6, 6.07) is 11.5. The highest BCUT2D eigenvalue weighted by Gasteiger charge is 2.11. The van der Waals surface area contributed by atoms with E-state index < -0.39 is 0 Å². The van der Waals surface area contributed by atoms with E-state index in [9.17, 15) is 9.90 Å². The van der Waals surface area contributed by atoms with Gasteiger partial charge in [0, 0.05) is 22.6 Å². The molecule has 5 heteroatoms. The molecule has 23 heavy (non-hydrogen) atoms. The van der Waals surface area contributed by atoms with Crippen molar-refractivity contribution < 1.29 is 9.90 Å². The molecule has 0 aliphatic carbocycles. The Morgan fingerprint density at radius 2 is 2.13 bits per heavy atom. The Bertz CT molecular complexity index is 1080. The second kappa shape index (κ2) is 5.21. The molecule has 1 aliphatic heterocycles. The third-order valence-corrected chi connectivity index (χ3v) is 3.97. The van der Waals surface area contributed by atoms with E-state index in [1.54, 1.807) is 6.20 Å². The van der Waals surface area contributed by atoms with E-state index in [2.05, 4.69) is 15.2 Å². The number of aromatic hydroxyl groups is 1. The van der Waals surface area contributed by atoms with E-state index in [1.165, 1.54) is 0 Å². The topological polar surface area (TPSA) is 77.8 Å². The molecule has 0 amide bonds. The molecule has 0 atom stereocenters. The number of aromatic nitrogens is 1. The van der Waals surface area contributed by atoms with Crippen molar-refractivity contribution in [1.82, 2.24) is 4.98 Å². The van der Waals surface area contributed by atoms with Crippen molar-refractivity contribution in [3.8, 4) is 5.88 Å². The predicted molar refractivity (Wildman–Crippen MR) is 88.0 cm³/mol. The van der Waals surface area contributed by atoms with Crippen molar-refractivity contribution in [1.29, 1.82) is 0 Å². The van der Waals surface area contributed by atoms with Gasteiger partial charge in [0.25, 0.3) is 0 Å². The van der Waals surface area contributed by atoms with Crippen LogP contribution in [0, 0.1) is 0 Å². The van der Waals surface area contributed by atoms with Gasteiger partial charge in [-0.1, -0.05) is 30.3 Å². The third kappa shape index (κ3) is 2.23. The average molecular weight is 303 g/mol. The van der Waals surface area contributed by atoms with Crippen molar-refractivity contribution in [3.05, 3.63) is 58.0 Å². The first-order valence-electron chi connectivity index (χ1n) is 7.25. The Hall–Kier alpha value is -3.21. The van der Waals surface area contributed by atoms with Crippen molar-refractivity contribution in [2.45, 2.75) is 6.42 Å². The number of carbonyl (C=O) groups is 1. The number of azo groups is 1. The molecule has 0 fully saturated rings. The minimum absolute atomic E-state index is 0.0898. The van der Waals surface area contributed by atoms with Gasteiger partial charge in [-0.05, 0) is 22.9 Å². The van der Waals surface area contributed by atoms with Gasteiger partial charge in [0.2, 0.25) is 0 Å². The fraction of sp³-hybridized carbons (Fsp3) is 0.0556. The molecule has 0 spiro atoms. The standard InChI is InChI=1S/C18H13N3O2/c22-7-6-12-2-1-3-14-15(18(23)20-17(12)14)8-11-4-5-13-10-19-21-16(13)9-11/h1-5,7-10,20,23H,6H2. The smallest absolute Gasteiger partial charge is 0.196 e. The molecule has 2 heterocycles. The van der Waals surface area contributed by atoms with Gasteiger partial charge in [-0.2, -0.15) is 10.2 Å². The zero-order valence-corrected chi connectivity index (χ0v) is 12.2. The average Bonchev–Trinajstić information content (AvgIpc) is 3.13. The number of aromatic amines is 1. The number of carbonyl (C=O) groups excluding carboxylic acids is 1. The second-order valence-electron chi connectivity index (χ2n) is 5.40. The number of hydrogen-bond donors (Lipinski definition) is 2. The summed E-state index contributed by atoms with van der Waals surface area (Å²) in [5.74, 6) is 0.0898. The van der Waals surface area contributed by atoms with Gasteiger partial charge < -0.3 is 14.9 Å². The summed E-state index contributed by atoms with van der Waals surface area (Å²) >= 11 is 0. The third-order valence-electron chi connectivity index (χ3n) is 3.97. The van der Waals surface area contributed by atoms with E-state index in [0.29, 0.717) is 12.0 Å². The van der Waals surface area contributed by atoms with Crippen molar-refractivity contribution >= 4 is 35.2 Å². The maximum absolute atomic E-state index is 10.8. The largest absolute Gasteiger partial charge is 0.494 e. The fourth-order valence-electron chi connectivity index (χ4n) is 2.86. The molecule has 2 N–H and O–H groups in total. The highest BCUT2D eigenvalue weighted by atomic mass is 16.3. The number of rotatable bonds is 3. The maximum Gasteiger partial charge on any atom is 0.196 e. The summed E-state index contributed by atoms with van der Waals surface area (Å²) in [5.41, 5.74) is 3.17. The van der Waals surface area contributed by atoms with Crippen molar-refractivity contribution in [3.63, 3.8) is 0 Å². The van der Waals surface area contributed by atoms with Crippen LogP contribution < -0.4 is 10.4 Å². The van der Waals surface area contributed by atoms with Crippen LogP contribution in [-0.2, 0) is 11.2 Å². The highest BCUT2D eigenvalue weighted by molar-refractivity contribution is 5.94. The fourth-order valence-corrected chi connectivity index (χ4v) is 2.86. The number of H-pyrrole nitrogens is 1. The maximum atomic E-state index is 10.8. The van der Waals surface area contributed by atoms with Crippen LogP contribution >= 0.6 is 0 Å². The SMILES string of the molecule is O=CCc1cccc2c(C=c3ccc4c(c3)N=NC=4)c(O)[nH]c12. The minimum Gasteiger partial charge on any atom is -0.494 e. The number of fused-ring (bicyclic) bond motifs is 2. The first-order valence-corrected chi connectivity index (χ1v) is 7.25. The summed E-state index contributed by atoms with van der Waals surface area (Å²) in [4.78, 5) is 13.8. The van der Waals surface area contributed by atoms with Gasteiger partial charge in [0.15, 0.2) is 5.88 Å². The molecule has 2 aromatic carbocycles. The molecule has 0 saturated heterocycles. The quantitative estimate of drug-likeness (QED) is 0.728. The molecular formula is C18H13N3O2. The first-order chi connectivity index (χ1) is 11.3. The Balaban J connectivity index is 1.93. The lowest BCUT2D eigenvalue weighted by molar-refractivity contribution is -0.107. The molecule has 0 radical (unpaired) electrons. The molecule has 5 nitrogen and oxygen atoms in total. The van der Waals surface area contributed by atoms with Crippen LogP contribution in [0.1, 0.15) is 11.1 Å². The minimum atomic E-state index is 0.0898. The van der Waals surface area contributed by atoms with E-state index in [1.807, 2.05) is 42.5 Å². The lowest BCUT2D eigenvalue weighted by atomic mass is 10.1. The van der Waals surface area contributed by atoms with Crippen LogP contribution in [0.2, 0.25) is 0 Å². The molecule has 1 aromatic heterocycles. The summed E-state index contributed by atoms with van der Waals surface area (Å²) in [5, 5.41) is 21.0.